The average molecular weight is 266 g/mol. The molecule has 2 N–H and O–H groups in total. The molecule has 1 saturated carbocycles. The standard InChI is InChI=1S/C14H26N4O/c1-10-13(14(17(2)3)18(4)16-10)9-15-11-5-7-12(19)8-6-11/h11-12,15,19H,5-9H2,1-4H3. The molecule has 0 saturated heterocycles. The molecule has 1 heterocycles. The molecular weight excluding hydrogens is 240 g/mol. The highest BCUT2D eigenvalue weighted by Crippen LogP contribution is 2.23. The van der Waals surface area contributed by atoms with Crippen LogP contribution < -0.4 is 10.2 Å². The van der Waals surface area contributed by atoms with Crippen molar-refractivity contribution in [1.82, 2.24) is 15.1 Å². The van der Waals surface area contributed by atoms with Gasteiger partial charge in [0.1, 0.15) is 5.82 Å². The van der Waals surface area contributed by atoms with Gasteiger partial charge >= 0.3 is 0 Å². The van der Waals surface area contributed by atoms with Gasteiger partial charge in [-0.15, -0.1) is 0 Å². The summed E-state index contributed by atoms with van der Waals surface area (Å²) < 4.78 is 1.94. The Balaban J connectivity index is 1.99. The van der Waals surface area contributed by atoms with E-state index in [1.165, 1.54) is 11.4 Å². The Hall–Kier alpha value is -1.07. The summed E-state index contributed by atoms with van der Waals surface area (Å²) in [5.41, 5.74) is 2.37. The maximum absolute atomic E-state index is 9.53. The number of aromatic nitrogens is 2. The molecular formula is C14H26N4O. The van der Waals surface area contributed by atoms with Crippen LogP contribution in [0.3, 0.4) is 0 Å². The highest BCUT2D eigenvalue weighted by Gasteiger charge is 2.20. The second-order valence-corrected chi connectivity index (χ2v) is 5.79. The lowest BCUT2D eigenvalue weighted by Crippen LogP contribution is -2.34. The molecule has 5 nitrogen and oxygen atoms in total. The third kappa shape index (κ3) is 3.28. The van der Waals surface area contributed by atoms with E-state index in [4.69, 9.17) is 0 Å². The summed E-state index contributed by atoms with van der Waals surface area (Å²) in [6.07, 6.45) is 3.89. The van der Waals surface area contributed by atoms with Gasteiger partial charge in [0.15, 0.2) is 0 Å². The van der Waals surface area contributed by atoms with Crippen LogP contribution in [0.1, 0.15) is 36.9 Å². The molecule has 0 radical (unpaired) electrons. The maximum Gasteiger partial charge on any atom is 0.130 e. The number of nitrogens with zero attached hydrogens (tertiary/aromatic N) is 3. The van der Waals surface area contributed by atoms with E-state index in [0.717, 1.165) is 37.9 Å². The monoisotopic (exact) mass is 266 g/mol. The fourth-order valence-corrected chi connectivity index (χ4v) is 2.98. The number of aryl methyl sites for hydroxylation is 2. The molecule has 5 heteroatoms. The fraction of sp³-hybridized carbons (Fsp3) is 0.786. The predicted octanol–water partition coefficient (Wildman–Crippen LogP) is 1.19. The summed E-state index contributed by atoms with van der Waals surface area (Å²) in [4.78, 5) is 2.11. The van der Waals surface area contributed by atoms with Gasteiger partial charge in [0.25, 0.3) is 0 Å². The van der Waals surface area contributed by atoms with Gasteiger partial charge in [-0.3, -0.25) is 4.68 Å². The van der Waals surface area contributed by atoms with Crippen LogP contribution in [0.5, 0.6) is 0 Å². The maximum atomic E-state index is 9.53. The number of anilines is 1. The number of hydrogen-bond donors (Lipinski definition) is 2. The molecule has 2 rings (SSSR count). The highest BCUT2D eigenvalue weighted by atomic mass is 16.3. The lowest BCUT2D eigenvalue weighted by Gasteiger charge is -2.26. The number of nitrogens with one attached hydrogen (secondary N) is 1. The molecule has 1 aliphatic carbocycles. The van der Waals surface area contributed by atoms with Gasteiger partial charge in [0.05, 0.1) is 11.8 Å². The molecule has 0 aromatic carbocycles. The molecule has 19 heavy (non-hydrogen) atoms. The van der Waals surface area contributed by atoms with E-state index >= 15 is 0 Å². The third-order valence-corrected chi connectivity index (χ3v) is 4.00. The smallest absolute Gasteiger partial charge is 0.130 e. The first-order valence-corrected chi connectivity index (χ1v) is 7.10. The molecule has 0 aliphatic heterocycles. The van der Waals surface area contributed by atoms with Crippen molar-refractivity contribution in [3.05, 3.63) is 11.3 Å². The second kappa shape index (κ2) is 5.92. The average Bonchev–Trinajstić information content (AvgIpc) is 2.63. The van der Waals surface area contributed by atoms with Crippen LogP contribution in [0, 0.1) is 6.92 Å². The van der Waals surface area contributed by atoms with Crippen LogP contribution in [-0.4, -0.2) is 41.1 Å². The zero-order valence-electron chi connectivity index (χ0n) is 12.5. The minimum Gasteiger partial charge on any atom is -0.393 e. The Morgan fingerprint density at radius 1 is 1.32 bits per heavy atom. The number of rotatable bonds is 4. The van der Waals surface area contributed by atoms with Crippen LogP contribution in [-0.2, 0) is 13.6 Å². The molecule has 0 unspecified atom stereocenters. The number of aliphatic hydroxyl groups is 1. The Morgan fingerprint density at radius 2 is 1.95 bits per heavy atom. The summed E-state index contributed by atoms with van der Waals surface area (Å²) in [6.45, 7) is 2.92. The van der Waals surface area contributed by atoms with Crippen molar-refractivity contribution in [3.63, 3.8) is 0 Å². The SMILES string of the molecule is Cc1nn(C)c(N(C)C)c1CNC1CCC(O)CC1. The predicted molar refractivity (Wildman–Crippen MR) is 77.4 cm³/mol. The summed E-state index contributed by atoms with van der Waals surface area (Å²) >= 11 is 0. The van der Waals surface area contributed by atoms with Crippen molar-refractivity contribution >= 4 is 5.82 Å². The molecule has 1 aromatic heterocycles. The van der Waals surface area contributed by atoms with Crippen LogP contribution in [0.15, 0.2) is 0 Å². The molecule has 0 bridgehead atoms. The van der Waals surface area contributed by atoms with Crippen LogP contribution >= 0.6 is 0 Å². The van der Waals surface area contributed by atoms with E-state index in [9.17, 15) is 5.11 Å². The fourth-order valence-electron chi connectivity index (χ4n) is 2.98. The number of hydrogen-bond acceptors (Lipinski definition) is 4. The van der Waals surface area contributed by atoms with E-state index in [0.29, 0.717) is 6.04 Å². The normalized spacial score (nSPS) is 23.6. The summed E-state index contributed by atoms with van der Waals surface area (Å²) in [5.74, 6) is 1.17. The summed E-state index contributed by atoms with van der Waals surface area (Å²) in [7, 11) is 6.09. The third-order valence-electron chi connectivity index (χ3n) is 4.00. The van der Waals surface area contributed by atoms with Crippen molar-refractivity contribution in [2.75, 3.05) is 19.0 Å². The van der Waals surface area contributed by atoms with E-state index in [-0.39, 0.29) is 6.10 Å². The molecule has 1 aliphatic rings. The molecule has 0 atom stereocenters. The minimum atomic E-state index is -0.0875. The Kier molecular flexibility index (Phi) is 4.47. The zero-order chi connectivity index (χ0) is 14.0. The quantitative estimate of drug-likeness (QED) is 0.859. The van der Waals surface area contributed by atoms with Crippen molar-refractivity contribution < 1.29 is 5.11 Å². The lowest BCUT2D eigenvalue weighted by molar-refractivity contribution is 0.116. The molecule has 0 spiro atoms. The van der Waals surface area contributed by atoms with Gasteiger partial charge in [-0.1, -0.05) is 0 Å². The summed E-state index contributed by atoms with van der Waals surface area (Å²) in [6, 6.07) is 0.526. The van der Waals surface area contributed by atoms with Gasteiger partial charge in [-0.2, -0.15) is 5.10 Å². The lowest BCUT2D eigenvalue weighted by atomic mass is 9.93. The first-order chi connectivity index (χ1) is 8.99. The first kappa shape index (κ1) is 14.3. The van der Waals surface area contributed by atoms with Crippen molar-refractivity contribution in [1.29, 1.82) is 0 Å². The molecule has 1 fully saturated rings. The molecule has 108 valence electrons. The van der Waals surface area contributed by atoms with Gasteiger partial charge < -0.3 is 15.3 Å². The van der Waals surface area contributed by atoms with Crippen molar-refractivity contribution in [3.8, 4) is 0 Å². The Bertz CT molecular complexity index is 419. The van der Waals surface area contributed by atoms with E-state index < -0.39 is 0 Å². The topological polar surface area (TPSA) is 53.3 Å². The molecule has 0 amide bonds. The van der Waals surface area contributed by atoms with Gasteiger partial charge in [0.2, 0.25) is 0 Å². The van der Waals surface area contributed by atoms with E-state index in [1.807, 2.05) is 11.7 Å². The number of aliphatic hydroxyl groups excluding tert-OH is 1. The van der Waals surface area contributed by atoms with Gasteiger partial charge in [0, 0.05) is 39.3 Å². The van der Waals surface area contributed by atoms with Gasteiger partial charge in [-0.25, -0.2) is 0 Å². The highest BCUT2D eigenvalue weighted by molar-refractivity contribution is 5.48. The minimum absolute atomic E-state index is 0.0875. The van der Waals surface area contributed by atoms with E-state index in [1.54, 1.807) is 0 Å². The first-order valence-electron chi connectivity index (χ1n) is 7.10. The van der Waals surface area contributed by atoms with Crippen molar-refractivity contribution in [2.24, 2.45) is 7.05 Å². The van der Waals surface area contributed by atoms with Gasteiger partial charge in [-0.05, 0) is 32.6 Å². The zero-order valence-corrected chi connectivity index (χ0v) is 12.5. The van der Waals surface area contributed by atoms with Crippen LogP contribution in [0.2, 0.25) is 0 Å². The Morgan fingerprint density at radius 3 is 2.53 bits per heavy atom. The Labute approximate surface area is 115 Å². The largest absolute Gasteiger partial charge is 0.393 e. The summed E-state index contributed by atoms with van der Waals surface area (Å²) in [5, 5.41) is 17.6. The second-order valence-electron chi connectivity index (χ2n) is 5.79. The molecule has 1 aromatic rings. The van der Waals surface area contributed by atoms with E-state index in [2.05, 4.69) is 36.3 Å². The van der Waals surface area contributed by atoms with Crippen LogP contribution in [0.25, 0.3) is 0 Å². The van der Waals surface area contributed by atoms with Crippen molar-refractivity contribution in [2.45, 2.75) is 51.3 Å². The van der Waals surface area contributed by atoms with Crippen LogP contribution in [0.4, 0.5) is 5.82 Å².